The number of carbonyl (C=O) groups excluding carboxylic acids is 2. The molecule has 1 heterocycles. The molecule has 186 valence electrons. The van der Waals surface area contributed by atoms with Crippen molar-refractivity contribution in [3.05, 3.63) is 92.3 Å². The molecule has 0 saturated carbocycles. The van der Waals surface area contributed by atoms with Crippen molar-refractivity contribution >= 4 is 73.9 Å². The number of thioether (sulfide) groups is 1. The lowest BCUT2D eigenvalue weighted by atomic mass is 10.2. The molecule has 2 amide bonds. The van der Waals surface area contributed by atoms with Gasteiger partial charge in [0.2, 0.25) is 0 Å². The summed E-state index contributed by atoms with van der Waals surface area (Å²) in [5, 5.41) is 0.541. The maximum Gasteiger partial charge on any atom is 0.339 e. The molecule has 7 nitrogen and oxygen atoms in total. The second-order valence-electron chi connectivity index (χ2n) is 7.32. The molecule has 4 rings (SSSR count). The van der Waals surface area contributed by atoms with Crippen LogP contribution in [0, 0.1) is 0 Å². The zero-order chi connectivity index (χ0) is 25.9. The van der Waals surface area contributed by atoms with Crippen LogP contribution in [-0.4, -0.2) is 37.6 Å². The summed E-state index contributed by atoms with van der Waals surface area (Å²) in [7, 11) is -4.13. The first-order chi connectivity index (χ1) is 17.1. The van der Waals surface area contributed by atoms with Crippen molar-refractivity contribution in [1.82, 2.24) is 4.90 Å². The number of imide groups is 1. The van der Waals surface area contributed by atoms with E-state index in [2.05, 4.69) is 0 Å². The second-order valence-corrected chi connectivity index (χ2v) is 11.1. The zero-order valence-electron chi connectivity index (χ0n) is 18.2. The van der Waals surface area contributed by atoms with Gasteiger partial charge in [0.15, 0.2) is 5.75 Å². The van der Waals surface area contributed by atoms with Gasteiger partial charge in [-0.1, -0.05) is 40.9 Å². The maximum absolute atomic E-state index is 12.7. The normalized spacial score (nSPS) is 15.0. The third-order valence-electron chi connectivity index (χ3n) is 4.83. The number of ether oxygens (including phenoxy) is 1. The molecule has 36 heavy (non-hydrogen) atoms. The summed E-state index contributed by atoms with van der Waals surface area (Å²) in [6.07, 6.45) is 1.49. The number of nitrogens with zero attached hydrogens (tertiary/aromatic N) is 1. The summed E-state index contributed by atoms with van der Waals surface area (Å²) in [6, 6.07) is 16.5. The van der Waals surface area contributed by atoms with E-state index in [0.717, 1.165) is 16.7 Å². The molecule has 1 fully saturated rings. The largest absolute Gasteiger partial charge is 0.492 e. The molecule has 1 aliphatic heterocycles. The Morgan fingerprint density at radius 2 is 1.53 bits per heavy atom. The van der Waals surface area contributed by atoms with Crippen molar-refractivity contribution < 1.29 is 26.9 Å². The highest BCUT2D eigenvalue weighted by Gasteiger charge is 2.34. The van der Waals surface area contributed by atoms with Crippen molar-refractivity contribution in [2.45, 2.75) is 4.90 Å². The van der Waals surface area contributed by atoms with E-state index in [1.54, 1.807) is 24.3 Å². The lowest BCUT2D eigenvalue weighted by molar-refractivity contribution is -0.123. The van der Waals surface area contributed by atoms with Gasteiger partial charge < -0.3 is 8.92 Å². The molecule has 0 bridgehead atoms. The predicted molar refractivity (Wildman–Crippen MR) is 140 cm³/mol. The standard InChI is InChI=1S/C24H16Cl3NO6S2/c25-16-2-6-18(7-3-16)33-12-11-28-23(29)22(35-24(28)30)14-15-1-10-21(20(27)13-15)34-36(31,32)19-8-4-17(26)5-9-19/h1-10,13-14H,11-12H2/b22-14-. The molecule has 1 aliphatic rings. The van der Waals surface area contributed by atoms with E-state index in [1.807, 2.05) is 0 Å². The molecule has 1 saturated heterocycles. The molecule has 0 atom stereocenters. The van der Waals surface area contributed by atoms with Crippen LogP contribution < -0.4 is 8.92 Å². The van der Waals surface area contributed by atoms with Crippen molar-refractivity contribution in [1.29, 1.82) is 0 Å². The zero-order valence-corrected chi connectivity index (χ0v) is 22.1. The summed E-state index contributed by atoms with van der Waals surface area (Å²) >= 11 is 18.7. The summed E-state index contributed by atoms with van der Waals surface area (Å²) < 4.78 is 35.7. The number of amides is 2. The molecule has 0 spiro atoms. The van der Waals surface area contributed by atoms with Crippen molar-refractivity contribution in [2.75, 3.05) is 13.2 Å². The highest BCUT2D eigenvalue weighted by atomic mass is 35.5. The quantitative estimate of drug-likeness (QED) is 0.220. The average Bonchev–Trinajstić information content (AvgIpc) is 3.09. The van der Waals surface area contributed by atoms with Gasteiger partial charge >= 0.3 is 10.1 Å². The molecule has 0 N–H and O–H groups in total. The molecule has 3 aromatic carbocycles. The number of carbonyl (C=O) groups is 2. The maximum atomic E-state index is 12.7. The Labute approximate surface area is 226 Å². The van der Waals surface area contributed by atoms with E-state index in [1.165, 1.54) is 48.5 Å². The van der Waals surface area contributed by atoms with Gasteiger partial charge in [0.25, 0.3) is 11.1 Å². The monoisotopic (exact) mass is 583 g/mol. The van der Waals surface area contributed by atoms with Crippen LogP contribution in [0.1, 0.15) is 5.56 Å². The predicted octanol–water partition coefficient (Wildman–Crippen LogP) is 6.53. The van der Waals surface area contributed by atoms with E-state index in [0.29, 0.717) is 21.4 Å². The minimum Gasteiger partial charge on any atom is -0.492 e. The molecule has 3 aromatic rings. The van der Waals surface area contributed by atoms with Crippen LogP contribution in [0.15, 0.2) is 76.5 Å². The fourth-order valence-corrected chi connectivity index (χ4v) is 5.41. The lowest BCUT2D eigenvalue weighted by Crippen LogP contribution is -2.32. The van der Waals surface area contributed by atoms with Crippen LogP contribution >= 0.6 is 46.6 Å². The number of hydrogen-bond donors (Lipinski definition) is 0. The molecule has 0 radical (unpaired) electrons. The summed E-state index contributed by atoms with van der Waals surface area (Å²) in [4.78, 5) is 26.3. The fraction of sp³-hybridized carbons (Fsp3) is 0.0833. The molecule has 12 heteroatoms. The van der Waals surface area contributed by atoms with Crippen LogP contribution in [0.25, 0.3) is 6.08 Å². The third kappa shape index (κ3) is 6.35. The van der Waals surface area contributed by atoms with Gasteiger partial charge in [-0.25, -0.2) is 0 Å². The Balaban J connectivity index is 1.41. The van der Waals surface area contributed by atoms with Crippen LogP contribution in [0.3, 0.4) is 0 Å². The molecular formula is C24H16Cl3NO6S2. The van der Waals surface area contributed by atoms with Crippen LogP contribution in [-0.2, 0) is 14.9 Å². The van der Waals surface area contributed by atoms with Crippen LogP contribution in [0.4, 0.5) is 4.79 Å². The van der Waals surface area contributed by atoms with Gasteiger partial charge in [-0.15, -0.1) is 0 Å². The Kier molecular flexibility index (Phi) is 8.17. The second kappa shape index (κ2) is 11.1. The lowest BCUT2D eigenvalue weighted by Gasteiger charge is -2.13. The fourth-order valence-electron chi connectivity index (χ4n) is 3.07. The first kappa shape index (κ1) is 26.4. The van der Waals surface area contributed by atoms with E-state index in [4.69, 9.17) is 43.7 Å². The van der Waals surface area contributed by atoms with Gasteiger partial charge in [-0.3, -0.25) is 14.5 Å². The molecular weight excluding hydrogens is 569 g/mol. The number of hydrogen-bond acceptors (Lipinski definition) is 7. The highest BCUT2D eigenvalue weighted by Crippen LogP contribution is 2.34. The Morgan fingerprint density at radius 3 is 2.17 bits per heavy atom. The van der Waals surface area contributed by atoms with Crippen LogP contribution in [0.5, 0.6) is 11.5 Å². The summed E-state index contributed by atoms with van der Waals surface area (Å²) in [6.45, 7) is 0.188. The van der Waals surface area contributed by atoms with Gasteiger partial charge in [-0.05, 0) is 84.1 Å². The van der Waals surface area contributed by atoms with E-state index in [9.17, 15) is 18.0 Å². The summed E-state index contributed by atoms with van der Waals surface area (Å²) in [5.41, 5.74) is 0.485. The van der Waals surface area contributed by atoms with Crippen molar-refractivity contribution in [2.24, 2.45) is 0 Å². The van der Waals surface area contributed by atoms with E-state index >= 15 is 0 Å². The number of rotatable bonds is 8. The van der Waals surface area contributed by atoms with Gasteiger partial charge in [-0.2, -0.15) is 8.42 Å². The van der Waals surface area contributed by atoms with E-state index < -0.39 is 21.3 Å². The number of benzene rings is 3. The summed E-state index contributed by atoms with van der Waals surface area (Å²) in [5.74, 6) is 0.0135. The van der Waals surface area contributed by atoms with E-state index in [-0.39, 0.29) is 33.7 Å². The molecule has 0 aliphatic carbocycles. The first-order valence-electron chi connectivity index (χ1n) is 10.3. The van der Waals surface area contributed by atoms with Gasteiger partial charge in [0.1, 0.15) is 17.3 Å². The Morgan fingerprint density at radius 1 is 0.889 bits per heavy atom. The van der Waals surface area contributed by atoms with Crippen LogP contribution in [0.2, 0.25) is 15.1 Å². The Hall–Kier alpha value is -2.69. The van der Waals surface area contributed by atoms with Crippen molar-refractivity contribution in [3.8, 4) is 11.5 Å². The topological polar surface area (TPSA) is 90.0 Å². The Bertz CT molecular complexity index is 1440. The SMILES string of the molecule is O=C1S/C(=C\c2ccc(OS(=O)(=O)c3ccc(Cl)cc3)c(Cl)c2)C(=O)N1CCOc1ccc(Cl)cc1. The smallest absolute Gasteiger partial charge is 0.339 e. The minimum absolute atomic E-state index is 0.0110. The average molecular weight is 585 g/mol. The van der Waals surface area contributed by atoms with Gasteiger partial charge in [0, 0.05) is 10.0 Å². The van der Waals surface area contributed by atoms with Crippen molar-refractivity contribution in [3.63, 3.8) is 0 Å². The highest BCUT2D eigenvalue weighted by molar-refractivity contribution is 8.18. The molecule has 0 aromatic heterocycles. The van der Waals surface area contributed by atoms with Gasteiger partial charge in [0.05, 0.1) is 16.5 Å². The third-order valence-corrected chi connectivity index (χ3v) is 7.78. The number of halogens is 3. The molecule has 0 unspecified atom stereocenters. The minimum atomic E-state index is -4.13. The first-order valence-corrected chi connectivity index (χ1v) is 13.6.